The lowest BCUT2D eigenvalue weighted by Gasteiger charge is -2.11. The van der Waals surface area contributed by atoms with Crippen molar-refractivity contribution < 1.29 is 52.1 Å². The van der Waals surface area contributed by atoms with Gasteiger partial charge in [0.15, 0.2) is 17.3 Å². The van der Waals surface area contributed by atoms with Gasteiger partial charge in [-0.05, 0) is 30.5 Å². The number of allylic oxidation sites excluding steroid dienone is 4. The van der Waals surface area contributed by atoms with Gasteiger partial charge in [0.2, 0.25) is 5.78 Å². The monoisotopic (exact) mass is 556 g/mol. The van der Waals surface area contributed by atoms with Crippen molar-refractivity contribution in [2.45, 2.75) is 25.3 Å². The summed E-state index contributed by atoms with van der Waals surface area (Å²) in [6.07, 6.45) is 4.04. The standard InChI is InChI=1S/C18H16IOS.CHF3O3S/c1-13-9-10-16(19-14-6-3-2-4-7-14)15(12-13)18(20)17-8-5-11-21-17;2-1(3,4)8(5,6)7/h2-9,11H,10,12H2,1H3;(H,5,6,7)/q+1;/p-1. The maximum Gasteiger partial charge on any atom is 0.485 e. The van der Waals surface area contributed by atoms with Crippen molar-refractivity contribution in [1.82, 2.24) is 0 Å². The fourth-order valence-electron chi connectivity index (χ4n) is 2.30. The highest BCUT2D eigenvalue weighted by Crippen LogP contribution is 2.25. The van der Waals surface area contributed by atoms with E-state index < -0.39 is 15.6 Å². The minimum absolute atomic E-state index is 0.239. The Balaban J connectivity index is 0.000000321. The average molecular weight is 556 g/mol. The van der Waals surface area contributed by atoms with E-state index in [1.165, 1.54) is 12.7 Å². The highest BCUT2D eigenvalue weighted by molar-refractivity contribution is 7.86. The van der Waals surface area contributed by atoms with Crippen molar-refractivity contribution in [2.75, 3.05) is 0 Å². The van der Waals surface area contributed by atoms with Crippen molar-refractivity contribution in [3.8, 4) is 0 Å². The highest BCUT2D eigenvalue weighted by atomic mass is 127. The van der Waals surface area contributed by atoms with Crippen LogP contribution in [0.15, 0.2) is 68.6 Å². The quantitative estimate of drug-likeness (QED) is 0.190. The molecule has 29 heavy (non-hydrogen) atoms. The van der Waals surface area contributed by atoms with Crippen LogP contribution in [0.1, 0.15) is 29.4 Å². The van der Waals surface area contributed by atoms with E-state index in [-0.39, 0.29) is 27.0 Å². The Morgan fingerprint density at radius 2 is 1.76 bits per heavy atom. The van der Waals surface area contributed by atoms with Crippen molar-refractivity contribution >= 4 is 27.2 Å². The number of rotatable bonds is 4. The second kappa shape index (κ2) is 10.0. The minimum atomic E-state index is -6.09. The molecule has 0 saturated carbocycles. The Morgan fingerprint density at radius 3 is 2.28 bits per heavy atom. The maximum absolute atomic E-state index is 12.7. The Bertz CT molecular complexity index is 1010. The number of benzene rings is 1. The summed E-state index contributed by atoms with van der Waals surface area (Å²) in [6, 6.07) is 14.5. The SMILES string of the molecule is CC1=CCC([I+]c2ccccc2)=C(C(=O)c2cccs2)C1.O=S(=O)([O-])C(F)(F)F. The summed E-state index contributed by atoms with van der Waals surface area (Å²) in [5.41, 5.74) is -3.28. The molecule has 0 fully saturated rings. The molecule has 1 aromatic heterocycles. The molecular formula is C19H16F3IO4S2. The molecule has 10 heteroatoms. The van der Waals surface area contributed by atoms with Crippen LogP contribution in [0.3, 0.4) is 0 Å². The highest BCUT2D eigenvalue weighted by Gasteiger charge is 2.37. The van der Waals surface area contributed by atoms with Crippen LogP contribution in [-0.4, -0.2) is 24.3 Å². The van der Waals surface area contributed by atoms with Crippen LogP contribution in [0, 0.1) is 3.57 Å². The molecule has 2 aromatic rings. The summed E-state index contributed by atoms with van der Waals surface area (Å²) in [7, 11) is -6.09. The van der Waals surface area contributed by atoms with Crippen LogP contribution in [-0.2, 0) is 10.1 Å². The second-order valence-electron chi connectivity index (χ2n) is 5.91. The summed E-state index contributed by atoms with van der Waals surface area (Å²) in [6.45, 7) is 2.12. The summed E-state index contributed by atoms with van der Waals surface area (Å²) < 4.78 is 61.7. The molecule has 0 atom stereocenters. The number of alkyl halides is 3. The van der Waals surface area contributed by atoms with Crippen molar-refractivity contribution in [3.05, 3.63) is 77.1 Å². The molecule has 0 bridgehead atoms. The third kappa shape index (κ3) is 7.05. The zero-order valence-electron chi connectivity index (χ0n) is 15.1. The molecule has 0 spiro atoms. The summed E-state index contributed by atoms with van der Waals surface area (Å²) in [5, 5.41) is 1.98. The fraction of sp³-hybridized carbons (Fsp3) is 0.211. The van der Waals surface area contributed by atoms with Crippen molar-refractivity contribution in [2.24, 2.45) is 0 Å². The first-order valence-corrected chi connectivity index (χ1v) is 12.6. The average Bonchev–Trinajstić information content (AvgIpc) is 3.17. The minimum Gasteiger partial charge on any atom is -0.741 e. The Morgan fingerprint density at radius 1 is 1.14 bits per heavy atom. The smallest absolute Gasteiger partial charge is 0.485 e. The predicted octanol–water partition coefficient (Wildman–Crippen LogP) is 1.94. The lowest BCUT2D eigenvalue weighted by atomic mass is 9.95. The first-order valence-electron chi connectivity index (χ1n) is 8.17. The number of ketones is 1. The molecule has 1 aliphatic rings. The summed E-state index contributed by atoms with van der Waals surface area (Å²) >= 11 is 1.30. The van der Waals surface area contributed by atoms with Crippen LogP contribution in [0.2, 0.25) is 0 Å². The molecule has 0 aliphatic heterocycles. The van der Waals surface area contributed by atoms with Crippen LogP contribution in [0.5, 0.6) is 0 Å². The van der Waals surface area contributed by atoms with Crippen LogP contribution in [0.4, 0.5) is 13.2 Å². The van der Waals surface area contributed by atoms with Gasteiger partial charge in [-0.1, -0.05) is 35.9 Å². The van der Waals surface area contributed by atoms with Crippen molar-refractivity contribution in [3.63, 3.8) is 0 Å². The number of hydrogen-bond donors (Lipinski definition) is 0. The molecule has 3 rings (SSSR count). The van der Waals surface area contributed by atoms with E-state index in [0.29, 0.717) is 0 Å². The van der Waals surface area contributed by atoms with Gasteiger partial charge in [-0.3, -0.25) is 4.79 Å². The first kappa shape index (κ1) is 23.8. The van der Waals surface area contributed by atoms with E-state index in [4.69, 9.17) is 13.0 Å². The first-order chi connectivity index (χ1) is 13.5. The summed E-state index contributed by atoms with van der Waals surface area (Å²) in [5.74, 6) is 0.239. The molecule has 0 amide bonds. The maximum atomic E-state index is 12.7. The third-order valence-electron chi connectivity index (χ3n) is 3.67. The second-order valence-corrected chi connectivity index (χ2v) is 11.3. The molecular weight excluding hydrogens is 540 g/mol. The molecule has 0 unspecified atom stereocenters. The Labute approximate surface area is 181 Å². The molecule has 0 radical (unpaired) electrons. The van der Waals surface area contributed by atoms with Gasteiger partial charge in [0.25, 0.3) is 0 Å². The van der Waals surface area contributed by atoms with E-state index in [0.717, 1.165) is 23.3 Å². The van der Waals surface area contributed by atoms with E-state index in [9.17, 15) is 18.0 Å². The van der Waals surface area contributed by atoms with Gasteiger partial charge in [0.1, 0.15) is 0 Å². The van der Waals surface area contributed by atoms with Gasteiger partial charge in [-0.2, -0.15) is 13.2 Å². The Kier molecular flexibility index (Phi) is 8.20. The molecule has 4 nitrogen and oxygen atoms in total. The lowest BCUT2D eigenvalue weighted by molar-refractivity contribution is -0.578. The third-order valence-corrected chi connectivity index (χ3v) is 8.19. The summed E-state index contributed by atoms with van der Waals surface area (Å²) in [4.78, 5) is 13.6. The number of hydrogen-bond acceptors (Lipinski definition) is 5. The zero-order chi connectivity index (χ0) is 21.7. The predicted molar refractivity (Wildman–Crippen MR) is 99.6 cm³/mol. The molecule has 0 saturated heterocycles. The fourth-order valence-corrected chi connectivity index (χ4v) is 5.72. The van der Waals surface area contributed by atoms with E-state index in [2.05, 4.69) is 37.3 Å². The Hall–Kier alpha value is -1.50. The van der Waals surface area contributed by atoms with Gasteiger partial charge in [0, 0.05) is 12.8 Å². The topological polar surface area (TPSA) is 74.3 Å². The van der Waals surface area contributed by atoms with Crippen LogP contribution >= 0.6 is 11.3 Å². The largest absolute Gasteiger partial charge is 0.741 e. The van der Waals surface area contributed by atoms with Crippen LogP contribution in [0.25, 0.3) is 0 Å². The van der Waals surface area contributed by atoms with E-state index >= 15 is 0 Å². The normalized spacial score (nSPS) is 14.7. The van der Waals surface area contributed by atoms with Gasteiger partial charge >= 0.3 is 26.7 Å². The van der Waals surface area contributed by atoms with Gasteiger partial charge < -0.3 is 4.55 Å². The number of carbonyl (C=O) groups excluding carboxylic acids is 1. The lowest BCUT2D eigenvalue weighted by Crippen LogP contribution is -3.61. The molecule has 1 heterocycles. The molecule has 1 aliphatic carbocycles. The number of thiophene rings is 1. The number of Topliss-reactive ketones (excluding diaryl/α,β-unsaturated/α-hetero) is 1. The van der Waals surface area contributed by atoms with Gasteiger partial charge in [-0.25, -0.2) is 8.42 Å². The van der Waals surface area contributed by atoms with Gasteiger partial charge in [-0.15, -0.1) is 11.3 Å². The molecule has 0 N–H and O–H groups in total. The van der Waals surface area contributed by atoms with Crippen molar-refractivity contribution in [1.29, 1.82) is 0 Å². The van der Waals surface area contributed by atoms with E-state index in [1.54, 1.807) is 11.3 Å². The zero-order valence-corrected chi connectivity index (χ0v) is 18.9. The molecule has 1 aromatic carbocycles. The number of halogens is 4. The van der Waals surface area contributed by atoms with E-state index in [1.807, 2.05) is 23.6 Å². The van der Waals surface area contributed by atoms with Crippen LogP contribution < -0.4 is 21.2 Å². The number of carbonyl (C=O) groups is 1. The molecule has 156 valence electrons. The van der Waals surface area contributed by atoms with Gasteiger partial charge in [0.05, 0.1) is 10.5 Å².